The number of halogens is 2. The summed E-state index contributed by atoms with van der Waals surface area (Å²) in [5, 5.41) is 1.69. The Morgan fingerprint density at radius 1 is 1.07 bits per heavy atom. The van der Waals surface area contributed by atoms with Crippen molar-refractivity contribution in [1.29, 1.82) is 0 Å². The summed E-state index contributed by atoms with van der Waals surface area (Å²) in [4.78, 5) is 0. The highest BCUT2D eigenvalue weighted by molar-refractivity contribution is 9.08. The number of benzene rings is 1. The van der Waals surface area contributed by atoms with Gasteiger partial charge in [0.05, 0.1) is 6.61 Å². The molecule has 0 fully saturated rings. The highest BCUT2D eigenvalue weighted by atomic mass is 79.9. The van der Waals surface area contributed by atoms with E-state index in [1.54, 1.807) is 0 Å². The smallest absolute Gasteiger partial charge is 0.127 e. The summed E-state index contributed by atoms with van der Waals surface area (Å²) >= 11 is 7.02. The molecule has 84 valence electrons. The Kier molecular flexibility index (Phi) is 5.69. The van der Waals surface area contributed by atoms with E-state index in [2.05, 4.69) is 50.9 Å². The average molecular weight is 336 g/mol. The van der Waals surface area contributed by atoms with E-state index in [1.807, 2.05) is 6.92 Å². The highest BCUT2D eigenvalue weighted by Crippen LogP contribution is 2.30. The number of alkyl halides is 2. The summed E-state index contributed by atoms with van der Waals surface area (Å²) in [5.41, 5.74) is 3.85. The van der Waals surface area contributed by atoms with Gasteiger partial charge in [-0.15, -0.1) is 0 Å². The van der Waals surface area contributed by atoms with Gasteiger partial charge in [-0.3, -0.25) is 0 Å². The monoisotopic (exact) mass is 334 g/mol. The van der Waals surface area contributed by atoms with Gasteiger partial charge in [-0.1, -0.05) is 50.9 Å². The fourth-order valence-electron chi connectivity index (χ4n) is 1.56. The molecule has 0 bridgehead atoms. The predicted molar refractivity (Wildman–Crippen MR) is 72.3 cm³/mol. The van der Waals surface area contributed by atoms with Gasteiger partial charge in [0.15, 0.2) is 0 Å². The molecule has 3 heteroatoms. The molecule has 0 unspecified atom stereocenters. The first-order valence-corrected chi connectivity index (χ1v) is 7.40. The first-order chi connectivity index (χ1) is 7.26. The quantitative estimate of drug-likeness (QED) is 0.723. The second-order valence-electron chi connectivity index (χ2n) is 3.30. The van der Waals surface area contributed by atoms with Crippen LogP contribution in [0, 0.1) is 0 Å². The maximum absolute atomic E-state index is 5.69. The average Bonchev–Trinajstić information content (AvgIpc) is 2.29. The summed E-state index contributed by atoms with van der Waals surface area (Å²) in [5.74, 6) is 1.03. The van der Waals surface area contributed by atoms with Gasteiger partial charge in [0, 0.05) is 21.8 Å². The van der Waals surface area contributed by atoms with Crippen LogP contribution in [0.2, 0.25) is 0 Å². The fraction of sp³-hybridized carbons (Fsp3) is 0.500. The van der Waals surface area contributed by atoms with Crippen molar-refractivity contribution in [2.75, 3.05) is 6.61 Å². The maximum atomic E-state index is 5.69. The Balaban J connectivity index is 3.19. The Bertz CT molecular complexity index is 298. The van der Waals surface area contributed by atoms with E-state index in [4.69, 9.17) is 4.74 Å². The molecule has 1 aromatic carbocycles. The molecule has 0 radical (unpaired) electrons. The topological polar surface area (TPSA) is 9.23 Å². The molecule has 1 rings (SSSR count). The molecule has 0 aromatic heterocycles. The molecule has 1 aromatic rings. The fourth-order valence-corrected chi connectivity index (χ4v) is 2.39. The molecular formula is C12H16Br2O. The molecule has 0 amide bonds. The van der Waals surface area contributed by atoms with Gasteiger partial charge in [0.2, 0.25) is 0 Å². The zero-order valence-electron chi connectivity index (χ0n) is 9.15. The van der Waals surface area contributed by atoms with Crippen molar-refractivity contribution in [1.82, 2.24) is 0 Å². The predicted octanol–water partition coefficient (Wildman–Crippen LogP) is 4.44. The summed E-state index contributed by atoms with van der Waals surface area (Å²) in [7, 11) is 0. The van der Waals surface area contributed by atoms with Crippen molar-refractivity contribution in [3.8, 4) is 5.75 Å². The molecule has 0 spiro atoms. The Morgan fingerprint density at radius 3 is 1.93 bits per heavy atom. The summed E-state index contributed by atoms with van der Waals surface area (Å²) in [6.07, 6.45) is 1.06. The summed E-state index contributed by atoms with van der Waals surface area (Å²) in [6, 6.07) is 4.43. The van der Waals surface area contributed by atoms with Crippen LogP contribution in [0.5, 0.6) is 5.75 Å². The van der Waals surface area contributed by atoms with E-state index in [9.17, 15) is 0 Å². The molecule has 0 saturated carbocycles. The normalized spacial score (nSPS) is 10.4. The first kappa shape index (κ1) is 13.0. The van der Waals surface area contributed by atoms with Crippen LogP contribution in [0.15, 0.2) is 12.1 Å². The lowest BCUT2D eigenvalue weighted by atomic mass is 10.0. The van der Waals surface area contributed by atoms with E-state index in [0.29, 0.717) is 6.61 Å². The first-order valence-electron chi connectivity index (χ1n) is 5.16. The Hall–Kier alpha value is -0.0200. The Morgan fingerprint density at radius 2 is 1.60 bits per heavy atom. The van der Waals surface area contributed by atoms with Crippen LogP contribution in [0.1, 0.15) is 30.5 Å². The third kappa shape index (κ3) is 3.22. The van der Waals surface area contributed by atoms with Crippen molar-refractivity contribution >= 4 is 31.9 Å². The number of rotatable bonds is 5. The van der Waals surface area contributed by atoms with Crippen molar-refractivity contribution in [3.05, 3.63) is 28.8 Å². The minimum Gasteiger partial charge on any atom is -0.493 e. The third-order valence-corrected chi connectivity index (χ3v) is 3.50. The van der Waals surface area contributed by atoms with Crippen LogP contribution in [-0.2, 0) is 17.1 Å². The van der Waals surface area contributed by atoms with Crippen LogP contribution in [0.4, 0.5) is 0 Å². The number of hydrogen-bond donors (Lipinski definition) is 0. The SMILES string of the molecule is CCOc1c(CBr)cc(CC)cc1CBr. The minimum absolute atomic E-state index is 0.714. The molecule has 1 nitrogen and oxygen atoms in total. The molecule has 0 heterocycles. The van der Waals surface area contributed by atoms with Gasteiger partial charge in [0.1, 0.15) is 5.75 Å². The number of aryl methyl sites for hydroxylation is 1. The van der Waals surface area contributed by atoms with Crippen molar-refractivity contribution in [3.63, 3.8) is 0 Å². The van der Waals surface area contributed by atoms with E-state index >= 15 is 0 Å². The van der Waals surface area contributed by atoms with Crippen LogP contribution in [0.25, 0.3) is 0 Å². The zero-order valence-corrected chi connectivity index (χ0v) is 12.3. The van der Waals surface area contributed by atoms with E-state index in [1.165, 1.54) is 16.7 Å². The number of ether oxygens (including phenoxy) is 1. The van der Waals surface area contributed by atoms with E-state index in [0.717, 1.165) is 22.8 Å². The van der Waals surface area contributed by atoms with Gasteiger partial charge in [-0.05, 0) is 18.9 Å². The number of hydrogen-bond acceptors (Lipinski definition) is 1. The zero-order chi connectivity index (χ0) is 11.3. The largest absolute Gasteiger partial charge is 0.493 e. The van der Waals surface area contributed by atoms with Crippen LogP contribution < -0.4 is 4.74 Å². The minimum atomic E-state index is 0.714. The van der Waals surface area contributed by atoms with Crippen LogP contribution in [-0.4, -0.2) is 6.61 Å². The molecule has 0 aliphatic rings. The van der Waals surface area contributed by atoms with Gasteiger partial charge in [-0.25, -0.2) is 0 Å². The van der Waals surface area contributed by atoms with Gasteiger partial charge in [0.25, 0.3) is 0 Å². The molecule has 0 aliphatic carbocycles. The third-order valence-electron chi connectivity index (χ3n) is 2.29. The lowest BCUT2D eigenvalue weighted by molar-refractivity contribution is 0.335. The van der Waals surface area contributed by atoms with Gasteiger partial charge in [-0.2, -0.15) is 0 Å². The van der Waals surface area contributed by atoms with E-state index in [-0.39, 0.29) is 0 Å². The standard InChI is InChI=1S/C12H16Br2O/c1-3-9-5-10(7-13)12(15-4-2)11(6-9)8-14/h5-6H,3-4,7-8H2,1-2H3. The van der Waals surface area contributed by atoms with Crippen molar-refractivity contribution < 1.29 is 4.74 Å². The molecule has 0 N–H and O–H groups in total. The second kappa shape index (κ2) is 6.54. The summed E-state index contributed by atoms with van der Waals surface area (Å²) < 4.78 is 5.69. The second-order valence-corrected chi connectivity index (χ2v) is 4.42. The summed E-state index contributed by atoms with van der Waals surface area (Å²) in [6.45, 7) is 4.90. The van der Waals surface area contributed by atoms with Gasteiger partial charge >= 0.3 is 0 Å². The molecule has 0 aliphatic heterocycles. The van der Waals surface area contributed by atoms with Crippen LogP contribution >= 0.6 is 31.9 Å². The van der Waals surface area contributed by atoms with Crippen molar-refractivity contribution in [2.24, 2.45) is 0 Å². The lowest BCUT2D eigenvalue weighted by Gasteiger charge is -2.14. The lowest BCUT2D eigenvalue weighted by Crippen LogP contribution is -2.00. The highest BCUT2D eigenvalue weighted by Gasteiger charge is 2.09. The molecule has 15 heavy (non-hydrogen) atoms. The van der Waals surface area contributed by atoms with Gasteiger partial charge < -0.3 is 4.74 Å². The van der Waals surface area contributed by atoms with E-state index < -0.39 is 0 Å². The molecule has 0 atom stereocenters. The molecule has 0 saturated heterocycles. The van der Waals surface area contributed by atoms with Crippen LogP contribution in [0.3, 0.4) is 0 Å². The Labute approximate surface area is 108 Å². The van der Waals surface area contributed by atoms with Crippen molar-refractivity contribution in [2.45, 2.75) is 30.9 Å². The maximum Gasteiger partial charge on any atom is 0.127 e. The molecular weight excluding hydrogens is 320 g/mol.